The van der Waals surface area contributed by atoms with E-state index in [1.54, 1.807) is 68.0 Å². The molecule has 4 aliphatic heterocycles. The predicted molar refractivity (Wildman–Crippen MR) is 534 cm³/mol. The second-order valence-corrected chi connectivity index (χ2v) is 33.7. The maximum Gasteiger partial charge on any atom is 0.232 e. The van der Waals surface area contributed by atoms with E-state index >= 15 is 0 Å². The third-order valence-electron chi connectivity index (χ3n) is 23.4. The maximum absolute atomic E-state index is 13.3. The van der Waals surface area contributed by atoms with E-state index in [1.807, 2.05) is 146 Å². The predicted octanol–water partition coefficient (Wildman–Crippen LogP) is 8.90. The molecule has 43 heteroatoms. The number of aromatic nitrogens is 26. The fourth-order valence-corrected chi connectivity index (χ4v) is 15.8. The van der Waals surface area contributed by atoms with Crippen molar-refractivity contribution in [3.63, 3.8) is 0 Å². The van der Waals surface area contributed by atoms with Gasteiger partial charge in [0.15, 0.2) is 0 Å². The number of benzene rings is 5. The van der Waals surface area contributed by atoms with Crippen LogP contribution in [-0.4, -0.2) is 272 Å². The van der Waals surface area contributed by atoms with Crippen LogP contribution in [-0.2, 0) is 49.2 Å². The lowest BCUT2D eigenvalue weighted by atomic mass is 9.87. The number of hydrogen-bond acceptors (Lipinski definition) is 39. The number of halogens is 1. The number of rotatable bonds is 32. The summed E-state index contributed by atoms with van der Waals surface area (Å²) in [5, 5.41) is 38.2. The highest BCUT2D eigenvalue weighted by Gasteiger charge is 2.30. The van der Waals surface area contributed by atoms with Crippen LogP contribution in [0.4, 0.5) is 98.5 Å². The molecule has 5 aromatic carbocycles. The summed E-state index contributed by atoms with van der Waals surface area (Å²) in [5.41, 5.74) is 17.7. The number of likely N-dealkylation sites (N-methyl/N-ethyl adjacent to an activating group) is 1. The van der Waals surface area contributed by atoms with Crippen molar-refractivity contribution < 1.29 is 14.2 Å². The van der Waals surface area contributed by atoms with Gasteiger partial charge in [-0.15, -0.1) is 0 Å². The molecule has 11 aromatic heterocycles. The molecule has 0 saturated carbocycles. The van der Waals surface area contributed by atoms with Gasteiger partial charge in [0.25, 0.3) is 0 Å². The molecule has 0 aliphatic carbocycles. The largest absolute Gasteiger partial charge is 0.391 e. The van der Waals surface area contributed by atoms with Crippen molar-refractivity contribution >= 4 is 94.1 Å². The average Bonchev–Trinajstić information content (AvgIpc) is 0.997. The van der Waals surface area contributed by atoms with Gasteiger partial charge >= 0.3 is 0 Å². The summed E-state index contributed by atoms with van der Waals surface area (Å²) in [6, 6.07) is 47.0. The van der Waals surface area contributed by atoms with Crippen LogP contribution < -0.4 is 71.5 Å². The van der Waals surface area contributed by atoms with Crippen molar-refractivity contribution in [3.8, 4) is 0 Å². The SMILES string of the molecule is CNCCn1cc(Nc2ncnc(N3CCN(c4ncc(Cc5ccccc5)cn4)CC3)n2)cn1.COCCn1cc(Nc2ncnc(N3CCN(c4ncc(Cc5ccccc5)cn4)CC3)n2)cn1.C[C@@H](O)Cn1cc(Nc2ncnc(N3CCN(c4ncc(Cc5ccccc5)cn4)CC3)n2)cn1.C[C@](N)(c1ccc(F)cc1)c1cnc(N2CCN(c3ncnc(Nc4ccccc4)n3)CC2)nc1. The summed E-state index contributed by atoms with van der Waals surface area (Å²) < 4.78 is 23.7. The molecule has 42 nitrogen and oxygen atoms in total. The van der Waals surface area contributed by atoms with Crippen LogP contribution in [0.25, 0.3) is 0 Å². The third-order valence-corrected chi connectivity index (χ3v) is 23.4. The second-order valence-electron chi connectivity index (χ2n) is 33.7. The van der Waals surface area contributed by atoms with Crippen LogP contribution in [0, 0.1) is 5.82 Å². The molecule has 0 amide bonds. The monoisotopic (exact) mass is 1890 g/mol. The Bertz CT molecular complexity index is 6260. The van der Waals surface area contributed by atoms with E-state index in [0.29, 0.717) is 73.2 Å². The van der Waals surface area contributed by atoms with E-state index in [1.165, 1.54) is 54.1 Å². The summed E-state index contributed by atoms with van der Waals surface area (Å²) in [5.74, 6) is 7.11. The Hall–Kier alpha value is -16.5. The van der Waals surface area contributed by atoms with Crippen LogP contribution in [0.1, 0.15) is 58.4 Å². The molecule has 140 heavy (non-hydrogen) atoms. The third kappa shape index (κ3) is 26.8. The van der Waals surface area contributed by atoms with Gasteiger partial charge in [0, 0.05) is 217 Å². The number of nitrogens with two attached hydrogens (primary N) is 1. The van der Waals surface area contributed by atoms with Gasteiger partial charge in [-0.2, -0.15) is 35.2 Å². The number of ether oxygens (including phenoxy) is 1. The molecule has 0 spiro atoms. The fourth-order valence-electron chi connectivity index (χ4n) is 15.8. The van der Waals surface area contributed by atoms with Crippen LogP contribution in [0.3, 0.4) is 0 Å². The molecule has 16 aromatic rings. The van der Waals surface area contributed by atoms with Gasteiger partial charge in [-0.1, -0.05) is 121 Å². The molecule has 4 saturated heterocycles. The smallest absolute Gasteiger partial charge is 0.232 e. The minimum absolute atomic E-state index is 0.295. The lowest BCUT2D eigenvalue weighted by Crippen LogP contribution is -2.47. The van der Waals surface area contributed by atoms with E-state index in [2.05, 4.69) is 229 Å². The number of aliphatic hydroxyl groups is 1. The minimum Gasteiger partial charge on any atom is -0.391 e. The normalized spacial score (nSPS) is 14.4. The number of anilines is 16. The van der Waals surface area contributed by atoms with Crippen molar-refractivity contribution in [3.05, 3.63) is 308 Å². The quantitative estimate of drug-likeness (QED) is 0.0207. The number of nitrogens with zero attached hydrogens (tertiary/aromatic N) is 34. The van der Waals surface area contributed by atoms with Crippen molar-refractivity contribution in [1.82, 2.24) is 134 Å². The number of para-hydroxylation sites is 1. The molecule has 0 bridgehead atoms. The molecule has 0 radical (unpaired) electrons. The van der Waals surface area contributed by atoms with E-state index in [4.69, 9.17) is 10.5 Å². The highest BCUT2D eigenvalue weighted by Crippen LogP contribution is 2.30. The summed E-state index contributed by atoms with van der Waals surface area (Å²) in [7, 11) is 3.59. The Labute approximate surface area is 809 Å². The molecular formula is C97H111FN40O2. The molecule has 4 fully saturated rings. The first-order valence-electron chi connectivity index (χ1n) is 46.3. The van der Waals surface area contributed by atoms with E-state index in [-0.39, 0.29) is 5.82 Å². The minimum atomic E-state index is -0.824. The first-order valence-corrected chi connectivity index (χ1v) is 46.3. The zero-order chi connectivity index (χ0) is 96.0. The first-order chi connectivity index (χ1) is 68.6. The van der Waals surface area contributed by atoms with Gasteiger partial charge < -0.3 is 81.4 Å². The zero-order valence-corrected chi connectivity index (χ0v) is 78.3. The van der Waals surface area contributed by atoms with E-state index in [0.717, 1.165) is 205 Å². The summed E-state index contributed by atoms with van der Waals surface area (Å²) in [4.78, 5) is 107. The van der Waals surface area contributed by atoms with Gasteiger partial charge in [0.05, 0.1) is 73.5 Å². The number of piperazine rings is 4. The molecule has 15 heterocycles. The zero-order valence-electron chi connectivity index (χ0n) is 78.3. The number of aliphatic hydroxyl groups excluding tert-OH is 1. The topological polar surface area (TPSA) is 453 Å². The molecule has 4 aliphatic rings. The first kappa shape index (κ1) is 95.2. The fraction of sp³-hybridized carbons (Fsp3) is 0.309. The Kier molecular flexibility index (Phi) is 32.2. The van der Waals surface area contributed by atoms with E-state index in [9.17, 15) is 9.50 Å². The van der Waals surface area contributed by atoms with Gasteiger partial charge in [0.1, 0.15) is 31.1 Å². The lowest BCUT2D eigenvalue weighted by molar-refractivity contribution is 0.168. The highest BCUT2D eigenvalue weighted by atomic mass is 19.1. The van der Waals surface area contributed by atoms with E-state index < -0.39 is 11.6 Å². The Balaban J connectivity index is 0.000000129. The van der Waals surface area contributed by atoms with Crippen LogP contribution >= 0.6 is 0 Å². The van der Waals surface area contributed by atoms with Crippen LogP contribution in [0.2, 0.25) is 0 Å². The average molecular weight is 1890 g/mol. The second kappa shape index (κ2) is 47.3. The van der Waals surface area contributed by atoms with Crippen molar-refractivity contribution in [2.45, 2.75) is 64.4 Å². The van der Waals surface area contributed by atoms with Gasteiger partial charge in [-0.25, -0.2) is 84.1 Å². The molecular weight excluding hydrogens is 1780 g/mol. The molecule has 20 rings (SSSR count). The van der Waals surface area contributed by atoms with Crippen molar-refractivity contribution in [2.24, 2.45) is 5.73 Å². The summed E-state index contributed by atoms with van der Waals surface area (Å²) in [6.07, 6.45) is 33.9. The molecule has 2 atom stereocenters. The number of nitrogens with one attached hydrogen (secondary N) is 5. The van der Waals surface area contributed by atoms with Crippen molar-refractivity contribution in [2.75, 3.05) is 192 Å². The van der Waals surface area contributed by atoms with Gasteiger partial charge in [0.2, 0.25) is 71.4 Å². The van der Waals surface area contributed by atoms with Gasteiger partial charge in [-0.3, -0.25) is 14.0 Å². The maximum atomic E-state index is 13.3. The highest BCUT2D eigenvalue weighted by molar-refractivity contribution is 5.57. The Morgan fingerprint density at radius 2 is 0.636 bits per heavy atom. The number of hydrogen-bond donors (Lipinski definition) is 7. The summed E-state index contributed by atoms with van der Waals surface area (Å²) in [6.45, 7) is 19.2. The Morgan fingerprint density at radius 3 is 0.957 bits per heavy atom. The van der Waals surface area contributed by atoms with Crippen LogP contribution in [0.15, 0.2) is 258 Å². The lowest BCUT2D eigenvalue weighted by Gasteiger charge is -2.35. The Morgan fingerprint density at radius 1 is 0.343 bits per heavy atom. The molecule has 0 unspecified atom stereocenters. The van der Waals surface area contributed by atoms with Crippen molar-refractivity contribution in [1.29, 1.82) is 0 Å². The standard InChI is InChI=1S/C25H26FN9.C24H29N11.2C24H28N10O/c1-25(27,18-7-9-20(26)10-8-18)19-15-28-23(29-16-19)34-11-13-35(14-12-34)24-31-17-30-22(33-24)32-21-5-3-2-4-6-21;1-25-7-8-35-17-21(16-30-35)31-22-28-18-29-24(32-22)34-11-9-33(10-12-34)23-26-14-20(15-27-23)13-19-5-3-2-4-6-19;1-18(35)15-34-16-21(14-29-34)30-22-27-17-28-24(31-22)33-9-7-32(8-10-33)23-25-12-20(13-26-23)11-19-5-3-2-4-6-19;1-35-12-11-34-17-21(16-29-34)30-22-27-18-28-24(31-22)33-9-7-32(8-10-33)23-25-14-20(15-26-23)13-19-5-3-2-4-6-19/h2-10,15-17H,11-14,27H2,1H3,(H,30,31,32,33);2-6,14-18,25H,7-13H2,1H3,(H,28,29,31,32);2-6,12-14,16-18,35H,7-11,15H2,1H3,(H,27,28,30,31);2-6,14-18H,7-13H2,1H3,(H,27,28,30,31)/t25-;;18-;/m0.1./s1. The number of methoxy groups -OCH3 is 1. The molecule has 718 valence electrons. The summed E-state index contributed by atoms with van der Waals surface area (Å²) >= 11 is 0. The van der Waals surface area contributed by atoms with Gasteiger partial charge in [-0.05, 0) is 84.1 Å². The van der Waals surface area contributed by atoms with Crippen LogP contribution in [0.5, 0.6) is 0 Å². The molecule has 8 N–H and O–H groups in total.